The van der Waals surface area contributed by atoms with Crippen molar-refractivity contribution in [2.75, 3.05) is 25.6 Å². The van der Waals surface area contributed by atoms with Crippen molar-refractivity contribution in [2.45, 2.75) is 19.0 Å². The molecule has 0 spiro atoms. The maximum atomic E-state index is 13.7. The van der Waals surface area contributed by atoms with Gasteiger partial charge in [0.2, 0.25) is 5.13 Å². The van der Waals surface area contributed by atoms with Crippen LogP contribution in [0.15, 0.2) is 24.5 Å². The van der Waals surface area contributed by atoms with Gasteiger partial charge in [0.05, 0.1) is 25.5 Å². The van der Waals surface area contributed by atoms with Gasteiger partial charge < -0.3 is 14.2 Å². The Bertz CT molecular complexity index is 1160. The molecule has 4 heterocycles. The summed E-state index contributed by atoms with van der Waals surface area (Å²) in [6.07, 6.45) is 1.39. The first-order valence-electron chi connectivity index (χ1n) is 9.20. The molecule has 4 rings (SSSR count). The van der Waals surface area contributed by atoms with Gasteiger partial charge in [-0.3, -0.25) is 15.1 Å². The first-order chi connectivity index (χ1) is 15.3. The van der Waals surface area contributed by atoms with Gasteiger partial charge in [0, 0.05) is 23.0 Å². The third kappa shape index (κ3) is 4.61. The van der Waals surface area contributed by atoms with Gasteiger partial charge in [-0.1, -0.05) is 16.7 Å². The van der Waals surface area contributed by atoms with E-state index < -0.39 is 24.5 Å². The molecule has 1 aliphatic rings. The minimum atomic E-state index is -3.12. The number of pyridine rings is 2. The van der Waals surface area contributed by atoms with Crippen LogP contribution in [0.1, 0.15) is 16.1 Å². The molecule has 0 radical (unpaired) electrons. The zero-order valence-corrected chi connectivity index (χ0v) is 18.3. The second kappa shape index (κ2) is 8.88. The lowest BCUT2D eigenvalue weighted by Crippen LogP contribution is -2.36. The molecule has 1 saturated heterocycles. The number of amides is 1. The Morgan fingerprint density at radius 2 is 2.09 bits per heavy atom. The Morgan fingerprint density at radius 1 is 1.28 bits per heavy atom. The summed E-state index contributed by atoms with van der Waals surface area (Å²) >= 11 is 6.86. The molecule has 13 heteroatoms. The van der Waals surface area contributed by atoms with E-state index in [1.165, 1.54) is 19.5 Å². The van der Waals surface area contributed by atoms with Crippen molar-refractivity contribution in [3.8, 4) is 22.1 Å². The quantitative estimate of drug-likeness (QED) is 0.529. The molecule has 168 valence electrons. The van der Waals surface area contributed by atoms with Crippen LogP contribution < -0.4 is 14.8 Å². The van der Waals surface area contributed by atoms with Gasteiger partial charge in [0.15, 0.2) is 6.10 Å². The minimum Gasteiger partial charge on any atom is -0.494 e. The smallest absolute Gasteiger partial charge is 0.309 e. The number of rotatable bonds is 6. The highest BCUT2D eigenvalue weighted by Crippen LogP contribution is 2.35. The summed E-state index contributed by atoms with van der Waals surface area (Å²) in [5, 5.41) is 10.3. The Kier molecular flexibility index (Phi) is 6.17. The van der Waals surface area contributed by atoms with Gasteiger partial charge in [-0.25, -0.2) is 4.98 Å². The minimum absolute atomic E-state index is 0.0680. The first kappa shape index (κ1) is 22.2. The number of methoxy groups -OCH3 is 1. The normalized spacial score (nSPS) is 17.2. The number of carbonyl (C=O) groups excluding carboxylic acids is 1. The molecular weight excluding hydrogens is 468 g/mol. The zero-order chi connectivity index (χ0) is 22.9. The number of hydrogen-bond donors (Lipinski definition) is 1. The molecule has 1 amide bonds. The fourth-order valence-corrected chi connectivity index (χ4v) is 3.78. The summed E-state index contributed by atoms with van der Waals surface area (Å²) in [5.74, 6) is -3.25. The molecule has 1 unspecified atom stereocenters. The Morgan fingerprint density at radius 3 is 2.81 bits per heavy atom. The van der Waals surface area contributed by atoms with E-state index in [1.54, 1.807) is 19.1 Å². The number of aromatic nitrogens is 4. The van der Waals surface area contributed by atoms with Gasteiger partial charge in [-0.05, 0) is 30.4 Å². The Hall–Kier alpha value is -2.96. The van der Waals surface area contributed by atoms with Crippen LogP contribution in [-0.4, -0.2) is 58.4 Å². The van der Waals surface area contributed by atoms with Crippen LogP contribution in [0, 0.1) is 6.92 Å². The third-order valence-corrected chi connectivity index (χ3v) is 5.47. The average Bonchev–Trinajstić information content (AvgIpc) is 3.33. The topological polar surface area (TPSA) is 108 Å². The van der Waals surface area contributed by atoms with Gasteiger partial charge >= 0.3 is 5.92 Å². The molecule has 0 saturated carbocycles. The average molecular weight is 484 g/mol. The van der Waals surface area contributed by atoms with E-state index in [9.17, 15) is 13.6 Å². The van der Waals surface area contributed by atoms with E-state index in [4.69, 9.17) is 25.8 Å². The molecule has 3 aromatic heterocycles. The number of aryl methyl sites for hydroxylation is 1. The van der Waals surface area contributed by atoms with Crippen molar-refractivity contribution in [3.63, 3.8) is 0 Å². The van der Waals surface area contributed by atoms with Crippen molar-refractivity contribution in [1.29, 1.82) is 0 Å². The number of alkyl halides is 2. The van der Waals surface area contributed by atoms with E-state index in [0.717, 1.165) is 11.3 Å². The fourth-order valence-electron chi connectivity index (χ4n) is 2.99. The van der Waals surface area contributed by atoms with Crippen LogP contribution in [0.4, 0.5) is 13.9 Å². The third-order valence-electron chi connectivity index (χ3n) is 4.53. The molecule has 1 fully saturated rings. The standard InChI is InChI=1S/C19H16ClF2N5O4S/c1-9-3-10(11-4-15(20)24-6-13(11)29-2)12(5-23-9)16(28)25-17-26-27-18(32-17)31-14-7-30-8-19(14,21)22/h3-6,14H,7-8H2,1-2H3,(H,25,26,28). The fraction of sp³-hybridized carbons (Fsp3) is 0.316. The molecule has 1 N–H and O–H groups in total. The van der Waals surface area contributed by atoms with E-state index in [0.29, 0.717) is 22.6 Å². The molecule has 1 atom stereocenters. The molecule has 0 aliphatic carbocycles. The molecule has 32 heavy (non-hydrogen) atoms. The SMILES string of the molecule is COc1cnc(Cl)cc1-c1cc(C)ncc1C(=O)Nc1nnc(OC2COCC2(F)F)s1. The van der Waals surface area contributed by atoms with E-state index in [-0.39, 0.29) is 27.6 Å². The van der Waals surface area contributed by atoms with Crippen molar-refractivity contribution in [3.05, 3.63) is 40.9 Å². The number of nitrogens with one attached hydrogen (secondary N) is 1. The van der Waals surface area contributed by atoms with Crippen LogP contribution in [-0.2, 0) is 4.74 Å². The number of nitrogens with zero attached hydrogens (tertiary/aromatic N) is 4. The largest absolute Gasteiger partial charge is 0.494 e. The van der Waals surface area contributed by atoms with Crippen molar-refractivity contribution >= 4 is 34.0 Å². The summed E-state index contributed by atoms with van der Waals surface area (Å²) in [6.45, 7) is 0.798. The van der Waals surface area contributed by atoms with Crippen molar-refractivity contribution in [2.24, 2.45) is 0 Å². The lowest BCUT2D eigenvalue weighted by molar-refractivity contribution is -0.0660. The second-order valence-electron chi connectivity index (χ2n) is 6.79. The lowest BCUT2D eigenvalue weighted by atomic mass is 10.0. The highest BCUT2D eigenvalue weighted by Gasteiger charge is 2.47. The van der Waals surface area contributed by atoms with Crippen LogP contribution in [0.2, 0.25) is 5.15 Å². The highest BCUT2D eigenvalue weighted by molar-refractivity contribution is 7.17. The van der Waals surface area contributed by atoms with Crippen LogP contribution in [0.5, 0.6) is 10.9 Å². The molecule has 1 aliphatic heterocycles. The van der Waals surface area contributed by atoms with Gasteiger partial charge in [0.25, 0.3) is 11.1 Å². The number of anilines is 1. The van der Waals surface area contributed by atoms with Gasteiger partial charge in [-0.15, -0.1) is 5.10 Å². The number of hydrogen-bond acceptors (Lipinski definition) is 9. The molecule has 3 aromatic rings. The molecule has 0 bridgehead atoms. The predicted octanol–water partition coefficient (Wildman–Crippen LogP) is 3.63. The zero-order valence-electron chi connectivity index (χ0n) is 16.8. The van der Waals surface area contributed by atoms with Crippen molar-refractivity contribution in [1.82, 2.24) is 20.2 Å². The molecule has 9 nitrogen and oxygen atoms in total. The number of ether oxygens (including phenoxy) is 3. The first-order valence-corrected chi connectivity index (χ1v) is 10.4. The summed E-state index contributed by atoms with van der Waals surface area (Å²) < 4.78 is 42.6. The maximum Gasteiger partial charge on any atom is 0.309 e. The molecule has 0 aromatic carbocycles. The summed E-state index contributed by atoms with van der Waals surface area (Å²) in [6, 6.07) is 3.28. The molecular formula is C19H16ClF2N5O4S. The van der Waals surface area contributed by atoms with E-state index >= 15 is 0 Å². The number of carbonyl (C=O) groups is 1. The van der Waals surface area contributed by atoms with Gasteiger partial charge in [-0.2, -0.15) is 8.78 Å². The van der Waals surface area contributed by atoms with E-state index in [1.807, 2.05) is 0 Å². The summed E-state index contributed by atoms with van der Waals surface area (Å²) in [4.78, 5) is 21.2. The van der Waals surface area contributed by atoms with Gasteiger partial charge in [0.1, 0.15) is 17.5 Å². The maximum absolute atomic E-state index is 13.7. The monoisotopic (exact) mass is 483 g/mol. The highest BCUT2D eigenvalue weighted by atomic mass is 35.5. The van der Waals surface area contributed by atoms with E-state index in [2.05, 4.69) is 25.5 Å². The van der Waals surface area contributed by atoms with Crippen LogP contribution in [0.3, 0.4) is 0 Å². The number of halogens is 3. The Balaban J connectivity index is 1.58. The lowest BCUT2D eigenvalue weighted by Gasteiger charge is -2.15. The Labute approximate surface area is 189 Å². The second-order valence-corrected chi connectivity index (χ2v) is 8.12. The predicted molar refractivity (Wildman–Crippen MR) is 112 cm³/mol. The summed E-state index contributed by atoms with van der Waals surface area (Å²) in [7, 11) is 1.48. The van der Waals surface area contributed by atoms with Crippen LogP contribution in [0.25, 0.3) is 11.1 Å². The summed E-state index contributed by atoms with van der Waals surface area (Å²) in [5.41, 5.74) is 1.94. The van der Waals surface area contributed by atoms with Crippen molar-refractivity contribution < 1.29 is 27.8 Å². The van der Waals surface area contributed by atoms with Crippen LogP contribution >= 0.6 is 22.9 Å².